The van der Waals surface area contributed by atoms with Crippen LogP contribution in [0.25, 0.3) is 0 Å². The average Bonchev–Trinajstić information content (AvgIpc) is 2.68. The van der Waals surface area contributed by atoms with Crippen LogP contribution in [0.5, 0.6) is 5.75 Å². The third kappa shape index (κ3) is 3.94. The quantitative estimate of drug-likeness (QED) is 0.705. The highest BCUT2D eigenvalue weighted by molar-refractivity contribution is 5.65. The number of aromatic nitrogens is 3. The van der Waals surface area contributed by atoms with Gasteiger partial charge in [0.05, 0.1) is 18.7 Å². The van der Waals surface area contributed by atoms with Gasteiger partial charge in [-0.3, -0.25) is 4.79 Å². The molecule has 1 aromatic heterocycles. The Labute approximate surface area is 162 Å². The van der Waals surface area contributed by atoms with E-state index in [2.05, 4.69) is 26.8 Å². The fourth-order valence-electron chi connectivity index (χ4n) is 2.77. The molecule has 142 valence electrons. The topological polar surface area (TPSA) is 105 Å². The highest BCUT2D eigenvalue weighted by atomic mass is 16.5. The summed E-state index contributed by atoms with van der Waals surface area (Å²) in [6.45, 7) is 3.91. The van der Waals surface area contributed by atoms with Crippen LogP contribution in [0.1, 0.15) is 16.7 Å². The van der Waals surface area contributed by atoms with Crippen LogP contribution >= 0.6 is 0 Å². The Kier molecular flexibility index (Phi) is 5.27. The maximum atomic E-state index is 12.4. The number of hydrogen-bond acceptors (Lipinski definition) is 7. The van der Waals surface area contributed by atoms with Gasteiger partial charge in [0.25, 0.3) is 0 Å². The van der Waals surface area contributed by atoms with E-state index in [-0.39, 0.29) is 17.3 Å². The maximum Gasteiger partial charge on any atom is 0.309 e. The number of nitrogens with one attached hydrogen (secondary N) is 2. The van der Waals surface area contributed by atoms with Crippen LogP contribution in [-0.4, -0.2) is 21.9 Å². The van der Waals surface area contributed by atoms with Gasteiger partial charge in [0.15, 0.2) is 0 Å². The minimum absolute atomic E-state index is 0.133. The number of hydrogen-bond donors (Lipinski definition) is 2. The molecule has 2 aromatic carbocycles. The molecule has 0 spiro atoms. The highest BCUT2D eigenvalue weighted by Gasteiger charge is 2.12. The fourth-order valence-corrected chi connectivity index (χ4v) is 2.77. The number of nitrogens with zero attached hydrogens (tertiary/aromatic N) is 4. The minimum atomic E-state index is -0.363. The molecule has 0 fully saturated rings. The Hall–Kier alpha value is -3.86. The monoisotopic (exact) mass is 376 g/mol. The molecule has 0 unspecified atom stereocenters. The molecule has 0 bridgehead atoms. The van der Waals surface area contributed by atoms with Crippen molar-refractivity contribution < 1.29 is 4.74 Å². The van der Waals surface area contributed by atoms with E-state index < -0.39 is 0 Å². The third-order valence-corrected chi connectivity index (χ3v) is 4.21. The molecule has 0 aliphatic rings. The molecule has 3 rings (SSSR count). The second-order valence-electron chi connectivity index (χ2n) is 6.29. The first kappa shape index (κ1) is 18.9. The van der Waals surface area contributed by atoms with Gasteiger partial charge < -0.3 is 15.4 Å². The molecule has 28 heavy (non-hydrogen) atoms. The SMILES string of the molecule is COc1cc(C)c(Nc2nc(Nc3ccc(C#N)cc3)c(=O)n(C)n2)c(C)c1. The first-order valence-electron chi connectivity index (χ1n) is 8.56. The standard InChI is InChI=1S/C20H20N6O2/c1-12-9-16(28-4)10-13(2)17(12)23-20-24-18(19(27)26(3)25-20)22-15-7-5-14(11-21)6-8-15/h5-10H,1-4H3,(H2,22,23,24,25). The van der Waals surface area contributed by atoms with Crippen molar-refractivity contribution in [1.82, 2.24) is 14.8 Å². The van der Waals surface area contributed by atoms with Crippen LogP contribution in [0.3, 0.4) is 0 Å². The molecule has 3 aromatic rings. The number of anilines is 4. The Morgan fingerprint density at radius 2 is 1.75 bits per heavy atom. The molecule has 0 saturated carbocycles. The van der Waals surface area contributed by atoms with Gasteiger partial charge in [0.2, 0.25) is 11.8 Å². The van der Waals surface area contributed by atoms with Gasteiger partial charge in [-0.05, 0) is 61.4 Å². The third-order valence-electron chi connectivity index (χ3n) is 4.21. The number of ether oxygens (including phenoxy) is 1. The summed E-state index contributed by atoms with van der Waals surface area (Å²) in [4.78, 5) is 16.7. The van der Waals surface area contributed by atoms with Crippen LogP contribution in [0.4, 0.5) is 23.1 Å². The molecule has 1 heterocycles. The van der Waals surface area contributed by atoms with Crippen LogP contribution in [0.2, 0.25) is 0 Å². The van der Waals surface area contributed by atoms with Crippen molar-refractivity contribution in [3.63, 3.8) is 0 Å². The van der Waals surface area contributed by atoms with Gasteiger partial charge in [0.1, 0.15) is 5.75 Å². The van der Waals surface area contributed by atoms with Crippen LogP contribution in [0.15, 0.2) is 41.2 Å². The summed E-state index contributed by atoms with van der Waals surface area (Å²) in [5.41, 5.74) is 3.61. The zero-order valence-corrected chi connectivity index (χ0v) is 16.1. The van der Waals surface area contributed by atoms with E-state index in [1.165, 1.54) is 4.68 Å². The van der Waals surface area contributed by atoms with Crippen molar-refractivity contribution in [3.05, 3.63) is 63.4 Å². The van der Waals surface area contributed by atoms with Crippen molar-refractivity contribution in [3.8, 4) is 11.8 Å². The van der Waals surface area contributed by atoms with E-state index in [1.807, 2.05) is 26.0 Å². The van der Waals surface area contributed by atoms with E-state index in [1.54, 1.807) is 38.4 Å². The molecule has 0 amide bonds. The molecule has 8 heteroatoms. The lowest BCUT2D eigenvalue weighted by Gasteiger charge is -2.14. The summed E-state index contributed by atoms with van der Waals surface area (Å²) in [7, 11) is 3.19. The molecule has 2 N–H and O–H groups in total. The number of aryl methyl sites for hydroxylation is 3. The molecule has 0 aliphatic heterocycles. The molecule has 0 saturated heterocycles. The Bertz CT molecular complexity index is 1090. The molecular formula is C20H20N6O2. The number of rotatable bonds is 5. The van der Waals surface area contributed by atoms with Crippen LogP contribution < -0.4 is 20.9 Å². The van der Waals surface area contributed by atoms with E-state index in [0.29, 0.717) is 11.3 Å². The minimum Gasteiger partial charge on any atom is -0.497 e. The normalized spacial score (nSPS) is 10.2. The van der Waals surface area contributed by atoms with Gasteiger partial charge in [-0.25, -0.2) is 4.68 Å². The van der Waals surface area contributed by atoms with Crippen molar-refractivity contribution in [1.29, 1.82) is 5.26 Å². The first-order valence-corrected chi connectivity index (χ1v) is 8.56. The van der Waals surface area contributed by atoms with Crippen molar-refractivity contribution in [2.24, 2.45) is 7.05 Å². The van der Waals surface area contributed by atoms with Gasteiger partial charge in [-0.1, -0.05) is 0 Å². The summed E-state index contributed by atoms with van der Waals surface area (Å²) >= 11 is 0. The van der Waals surface area contributed by atoms with Gasteiger partial charge >= 0.3 is 5.56 Å². The Morgan fingerprint density at radius 3 is 2.32 bits per heavy atom. The lowest BCUT2D eigenvalue weighted by Crippen LogP contribution is -2.25. The predicted octanol–water partition coefficient (Wildman–Crippen LogP) is 3.16. The van der Waals surface area contributed by atoms with Gasteiger partial charge in [0, 0.05) is 18.4 Å². The fraction of sp³-hybridized carbons (Fsp3) is 0.200. The summed E-state index contributed by atoms with van der Waals surface area (Å²) in [6.07, 6.45) is 0. The summed E-state index contributed by atoms with van der Waals surface area (Å²) in [5.74, 6) is 1.19. The number of methoxy groups -OCH3 is 1. The van der Waals surface area contributed by atoms with Crippen LogP contribution in [-0.2, 0) is 7.05 Å². The molecule has 0 radical (unpaired) electrons. The number of benzene rings is 2. The first-order chi connectivity index (χ1) is 13.4. The maximum absolute atomic E-state index is 12.4. The largest absolute Gasteiger partial charge is 0.497 e. The molecule has 0 atom stereocenters. The van der Waals surface area contributed by atoms with E-state index in [0.717, 1.165) is 22.6 Å². The molecule has 8 nitrogen and oxygen atoms in total. The summed E-state index contributed by atoms with van der Waals surface area (Å²) in [5, 5.41) is 19.3. The second kappa shape index (κ2) is 7.80. The average molecular weight is 376 g/mol. The molecular weight excluding hydrogens is 356 g/mol. The smallest absolute Gasteiger partial charge is 0.309 e. The van der Waals surface area contributed by atoms with Crippen molar-refractivity contribution >= 4 is 23.1 Å². The lowest BCUT2D eigenvalue weighted by atomic mass is 10.1. The predicted molar refractivity (Wildman–Crippen MR) is 107 cm³/mol. The number of nitriles is 1. The zero-order chi connectivity index (χ0) is 20.3. The second-order valence-corrected chi connectivity index (χ2v) is 6.29. The van der Waals surface area contributed by atoms with E-state index in [4.69, 9.17) is 10.00 Å². The van der Waals surface area contributed by atoms with Crippen LogP contribution in [0, 0.1) is 25.2 Å². The van der Waals surface area contributed by atoms with E-state index in [9.17, 15) is 4.79 Å². The Morgan fingerprint density at radius 1 is 1.11 bits per heavy atom. The van der Waals surface area contributed by atoms with Crippen molar-refractivity contribution in [2.45, 2.75) is 13.8 Å². The van der Waals surface area contributed by atoms with Gasteiger partial charge in [-0.2, -0.15) is 10.2 Å². The Balaban J connectivity index is 1.93. The highest BCUT2D eigenvalue weighted by Crippen LogP contribution is 2.28. The lowest BCUT2D eigenvalue weighted by molar-refractivity contribution is 0.414. The zero-order valence-electron chi connectivity index (χ0n) is 16.1. The summed E-state index contributed by atoms with van der Waals surface area (Å²) < 4.78 is 6.50. The van der Waals surface area contributed by atoms with E-state index >= 15 is 0 Å². The van der Waals surface area contributed by atoms with Crippen molar-refractivity contribution in [2.75, 3.05) is 17.7 Å². The summed E-state index contributed by atoms with van der Waals surface area (Å²) in [6, 6.07) is 12.6. The van der Waals surface area contributed by atoms with Gasteiger partial charge in [-0.15, -0.1) is 5.10 Å². The molecule has 0 aliphatic carbocycles.